The molecule has 0 aromatic heterocycles. The van der Waals surface area contributed by atoms with E-state index in [1.54, 1.807) is 7.11 Å². The third-order valence-electron chi connectivity index (χ3n) is 6.38. The highest BCUT2D eigenvalue weighted by molar-refractivity contribution is 5.85. The van der Waals surface area contributed by atoms with Crippen LogP contribution in [-0.4, -0.2) is 19.2 Å². The number of methoxy groups -OCH3 is 1. The molecule has 1 aromatic carbocycles. The monoisotopic (exact) mass is 338 g/mol. The third-order valence-corrected chi connectivity index (χ3v) is 6.38. The number of carbonyl (C=O) groups is 1. The molecule has 0 fully saturated rings. The van der Waals surface area contributed by atoms with Gasteiger partial charge in [0.2, 0.25) is 0 Å². The van der Waals surface area contributed by atoms with Crippen molar-refractivity contribution in [2.45, 2.75) is 59.0 Å². The molecule has 0 N–H and O–H groups in total. The summed E-state index contributed by atoms with van der Waals surface area (Å²) in [5, 5.41) is 0. The van der Waals surface area contributed by atoms with Gasteiger partial charge in [-0.3, -0.25) is 4.79 Å². The second-order valence-electron chi connectivity index (χ2n) is 7.78. The lowest BCUT2D eigenvalue weighted by Crippen LogP contribution is -2.41. The molecule has 0 amide bonds. The molecule has 3 aliphatic carbocycles. The molecular weight excluding hydrogens is 312 g/mol. The maximum atomic E-state index is 11.6. The predicted octanol–water partition coefficient (Wildman–Crippen LogP) is 4.77. The average molecular weight is 338 g/mol. The van der Waals surface area contributed by atoms with E-state index in [1.807, 2.05) is 0 Å². The second-order valence-corrected chi connectivity index (χ2v) is 7.78. The van der Waals surface area contributed by atoms with Gasteiger partial charge in [-0.05, 0) is 72.9 Å². The molecule has 132 valence electrons. The number of hydrogen-bond donors (Lipinski definition) is 0. The molecule has 4 rings (SSSR count). The fourth-order valence-corrected chi connectivity index (χ4v) is 5.07. The molecule has 0 saturated carbocycles. The highest BCUT2D eigenvalue weighted by Gasteiger charge is 2.47. The van der Waals surface area contributed by atoms with Crippen LogP contribution in [0.3, 0.4) is 0 Å². The molecule has 0 spiro atoms. The van der Waals surface area contributed by atoms with Crippen LogP contribution in [0.2, 0.25) is 0 Å². The SMILES string of the molecule is COc1ccc(C)c2c1C1=C(C2)C2=CCC[C@H](OC(C)=O)[C@]2(C)CC1. The predicted molar refractivity (Wildman–Crippen MR) is 98.6 cm³/mol. The van der Waals surface area contributed by atoms with Crippen LogP contribution in [0.15, 0.2) is 29.4 Å². The fourth-order valence-electron chi connectivity index (χ4n) is 5.07. The van der Waals surface area contributed by atoms with Gasteiger partial charge in [0.1, 0.15) is 11.9 Å². The summed E-state index contributed by atoms with van der Waals surface area (Å²) in [5.41, 5.74) is 8.30. The summed E-state index contributed by atoms with van der Waals surface area (Å²) >= 11 is 0. The molecular formula is C22H26O3. The second kappa shape index (κ2) is 5.76. The molecule has 2 atom stereocenters. The Morgan fingerprint density at radius 3 is 2.80 bits per heavy atom. The summed E-state index contributed by atoms with van der Waals surface area (Å²) < 4.78 is 11.4. The van der Waals surface area contributed by atoms with E-state index >= 15 is 0 Å². The number of rotatable bonds is 2. The molecule has 0 aliphatic heterocycles. The minimum atomic E-state index is -0.167. The Morgan fingerprint density at radius 1 is 1.28 bits per heavy atom. The molecule has 0 radical (unpaired) electrons. The van der Waals surface area contributed by atoms with Gasteiger partial charge in [-0.25, -0.2) is 0 Å². The normalized spacial score (nSPS) is 27.2. The van der Waals surface area contributed by atoms with E-state index in [9.17, 15) is 4.79 Å². The maximum Gasteiger partial charge on any atom is 0.302 e. The first-order chi connectivity index (χ1) is 12.0. The fraction of sp³-hybridized carbons (Fsp3) is 0.500. The Hall–Kier alpha value is -2.03. The van der Waals surface area contributed by atoms with Crippen LogP contribution in [0.25, 0.3) is 5.57 Å². The molecule has 0 bridgehead atoms. The Kier molecular flexibility index (Phi) is 3.78. The van der Waals surface area contributed by atoms with Gasteiger partial charge >= 0.3 is 5.97 Å². The Bertz CT molecular complexity index is 815. The van der Waals surface area contributed by atoms with Gasteiger partial charge in [0.25, 0.3) is 0 Å². The quantitative estimate of drug-likeness (QED) is 0.729. The highest BCUT2D eigenvalue weighted by atomic mass is 16.5. The van der Waals surface area contributed by atoms with Gasteiger partial charge in [-0.1, -0.05) is 19.1 Å². The smallest absolute Gasteiger partial charge is 0.302 e. The summed E-state index contributed by atoms with van der Waals surface area (Å²) in [5.74, 6) is 0.821. The highest BCUT2D eigenvalue weighted by Crippen LogP contribution is 2.57. The van der Waals surface area contributed by atoms with Crippen LogP contribution in [0.1, 0.15) is 56.2 Å². The van der Waals surface area contributed by atoms with Crippen LogP contribution in [-0.2, 0) is 16.0 Å². The molecule has 3 heteroatoms. The number of ether oxygens (including phenoxy) is 2. The van der Waals surface area contributed by atoms with Gasteiger partial charge in [0.05, 0.1) is 7.11 Å². The Labute approximate surface area is 149 Å². The maximum absolute atomic E-state index is 11.6. The van der Waals surface area contributed by atoms with E-state index in [2.05, 4.69) is 32.1 Å². The minimum Gasteiger partial charge on any atom is -0.496 e. The van der Waals surface area contributed by atoms with Gasteiger partial charge < -0.3 is 9.47 Å². The van der Waals surface area contributed by atoms with Gasteiger partial charge in [0.15, 0.2) is 0 Å². The number of fused-ring (bicyclic) bond motifs is 4. The standard InChI is InChI=1S/C22H26O3/c1-13-8-9-19(24-4)21-15-10-11-22(3)18(17(15)12-16(13)21)6-5-7-20(22)25-14(2)23/h6,8-9,20H,5,7,10-12H2,1-4H3/t20-,22+/m0/s1. The van der Waals surface area contributed by atoms with E-state index in [-0.39, 0.29) is 17.5 Å². The van der Waals surface area contributed by atoms with E-state index in [4.69, 9.17) is 9.47 Å². The lowest BCUT2D eigenvalue weighted by atomic mass is 9.62. The molecule has 3 nitrogen and oxygen atoms in total. The van der Waals surface area contributed by atoms with Crippen LogP contribution >= 0.6 is 0 Å². The number of benzene rings is 1. The van der Waals surface area contributed by atoms with Crippen molar-refractivity contribution in [3.05, 3.63) is 46.0 Å². The Balaban J connectivity index is 1.80. The van der Waals surface area contributed by atoms with Crippen molar-refractivity contribution in [1.29, 1.82) is 0 Å². The summed E-state index contributed by atoms with van der Waals surface area (Å²) in [6.45, 7) is 5.99. The van der Waals surface area contributed by atoms with Crippen LogP contribution < -0.4 is 4.74 Å². The van der Waals surface area contributed by atoms with E-state index < -0.39 is 0 Å². The van der Waals surface area contributed by atoms with Crippen molar-refractivity contribution in [1.82, 2.24) is 0 Å². The molecule has 1 aromatic rings. The minimum absolute atomic E-state index is 0.00856. The van der Waals surface area contributed by atoms with Crippen LogP contribution in [0.4, 0.5) is 0 Å². The van der Waals surface area contributed by atoms with Crippen molar-refractivity contribution < 1.29 is 14.3 Å². The topological polar surface area (TPSA) is 35.5 Å². The molecule has 25 heavy (non-hydrogen) atoms. The lowest BCUT2D eigenvalue weighted by molar-refractivity contribution is -0.152. The lowest BCUT2D eigenvalue weighted by Gasteiger charge is -2.45. The van der Waals surface area contributed by atoms with Crippen molar-refractivity contribution >= 4 is 11.5 Å². The van der Waals surface area contributed by atoms with Gasteiger partial charge in [-0.15, -0.1) is 0 Å². The van der Waals surface area contributed by atoms with E-state index in [0.717, 1.165) is 37.9 Å². The van der Waals surface area contributed by atoms with E-state index in [1.165, 1.54) is 40.3 Å². The summed E-state index contributed by atoms with van der Waals surface area (Å²) in [7, 11) is 1.76. The molecule has 0 heterocycles. The third kappa shape index (κ3) is 2.36. The number of esters is 1. The zero-order valence-electron chi connectivity index (χ0n) is 15.6. The largest absolute Gasteiger partial charge is 0.496 e. The van der Waals surface area contributed by atoms with Crippen molar-refractivity contribution in [2.75, 3.05) is 7.11 Å². The molecule has 0 saturated heterocycles. The van der Waals surface area contributed by atoms with Crippen molar-refractivity contribution in [3.8, 4) is 5.75 Å². The van der Waals surface area contributed by atoms with Crippen molar-refractivity contribution in [2.24, 2.45) is 5.41 Å². The van der Waals surface area contributed by atoms with Crippen LogP contribution in [0, 0.1) is 12.3 Å². The Morgan fingerprint density at radius 2 is 2.08 bits per heavy atom. The van der Waals surface area contributed by atoms with E-state index in [0.29, 0.717) is 0 Å². The first-order valence-electron chi connectivity index (χ1n) is 9.23. The van der Waals surface area contributed by atoms with Gasteiger partial charge in [-0.2, -0.15) is 0 Å². The summed E-state index contributed by atoms with van der Waals surface area (Å²) in [4.78, 5) is 11.6. The zero-order valence-corrected chi connectivity index (χ0v) is 15.6. The van der Waals surface area contributed by atoms with Crippen LogP contribution in [0.5, 0.6) is 5.75 Å². The molecule has 0 unspecified atom stereocenters. The average Bonchev–Trinajstić information content (AvgIpc) is 2.96. The first kappa shape index (κ1) is 16.4. The number of carbonyl (C=O) groups excluding carboxylic acids is 1. The summed E-state index contributed by atoms with van der Waals surface area (Å²) in [6, 6.07) is 4.25. The number of allylic oxidation sites excluding steroid dienone is 3. The summed E-state index contributed by atoms with van der Waals surface area (Å²) in [6.07, 6.45) is 7.30. The number of aryl methyl sites for hydroxylation is 1. The molecule has 3 aliphatic rings. The zero-order chi connectivity index (χ0) is 17.8. The number of hydrogen-bond acceptors (Lipinski definition) is 3. The first-order valence-corrected chi connectivity index (χ1v) is 9.23. The van der Waals surface area contributed by atoms with Gasteiger partial charge in [0, 0.05) is 17.9 Å². The van der Waals surface area contributed by atoms with Crippen molar-refractivity contribution in [3.63, 3.8) is 0 Å².